The smallest absolute Gasteiger partial charge is 0.239 e. The third-order valence-electron chi connectivity index (χ3n) is 2.77. The number of primary sulfonamides is 1. The van der Waals surface area contributed by atoms with E-state index >= 15 is 0 Å². The highest BCUT2D eigenvalue weighted by atomic mass is 32.2. The van der Waals surface area contributed by atoms with Gasteiger partial charge in [0.25, 0.3) is 0 Å². The average Bonchev–Trinajstić information content (AvgIpc) is 2.34. The number of rotatable bonds is 6. The lowest BCUT2D eigenvalue weighted by atomic mass is 10.2. The predicted octanol–water partition coefficient (Wildman–Crippen LogP) is 0.125. The Bertz CT molecular complexity index is 614. The van der Waals surface area contributed by atoms with E-state index in [1.807, 2.05) is 13.8 Å². The number of amides is 1. The lowest BCUT2D eigenvalue weighted by Gasteiger charge is -2.20. The molecule has 0 saturated carbocycles. The molecule has 0 aliphatic carbocycles. The Balaban J connectivity index is 2.85. The molecule has 0 saturated heterocycles. The number of carbonyl (C=O) groups is 1. The molecule has 0 radical (unpaired) electrons. The summed E-state index contributed by atoms with van der Waals surface area (Å²) in [6, 6.07) is 4.26. The molecule has 5 N–H and O–H groups in total. The molecule has 1 rings (SSSR count). The van der Waals surface area contributed by atoms with Crippen LogP contribution in [0.25, 0.3) is 0 Å². The predicted molar refractivity (Wildman–Crippen MR) is 83.3 cm³/mol. The Morgan fingerprint density at radius 1 is 1.33 bits per heavy atom. The molecular weight excluding hydrogens is 292 g/mol. The van der Waals surface area contributed by atoms with Crippen LogP contribution >= 0.6 is 0 Å². The first kappa shape index (κ1) is 17.3. The van der Waals surface area contributed by atoms with Crippen molar-refractivity contribution in [2.45, 2.75) is 18.7 Å². The van der Waals surface area contributed by atoms with E-state index in [1.165, 1.54) is 12.1 Å². The maximum Gasteiger partial charge on any atom is 0.239 e. The number of sulfonamides is 1. The molecule has 0 fully saturated rings. The molecular formula is C13H22N4O3S. The van der Waals surface area contributed by atoms with Crippen LogP contribution in [0.1, 0.15) is 13.8 Å². The van der Waals surface area contributed by atoms with Gasteiger partial charge < -0.3 is 16.0 Å². The van der Waals surface area contributed by atoms with Gasteiger partial charge in [-0.25, -0.2) is 13.6 Å². The molecule has 0 aromatic heterocycles. The van der Waals surface area contributed by atoms with Crippen LogP contribution < -0.4 is 21.1 Å². The minimum absolute atomic E-state index is 0.0769. The third kappa shape index (κ3) is 5.60. The molecule has 0 spiro atoms. The van der Waals surface area contributed by atoms with Gasteiger partial charge in [-0.1, -0.05) is 13.8 Å². The van der Waals surface area contributed by atoms with E-state index in [1.54, 1.807) is 18.0 Å². The van der Waals surface area contributed by atoms with Gasteiger partial charge in [0, 0.05) is 25.0 Å². The Labute approximate surface area is 125 Å². The zero-order valence-corrected chi connectivity index (χ0v) is 13.3. The van der Waals surface area contributed by atoms with Crippen molar-refractivity contribution in [3.8, 4) is 0 Å². The van der Waals surface area contributed by atoms with Crippen LogP contribution in [0.4, 0.5) is 11.4 Å². The van der Waals surface area contributed by atoms with Crippen molar-refractivity contribution in [1.82, 2.24) is 5.32 Å². The summed E-state index contributed by atoms with van der Waals surface area (Å²) in [7, 11) is -2.16. The zero-order valence-electron chi connectivity index (χ0n) is 12.5. The maximum absolute atomic E-state index is 11.8. The lowest BCUT2D eigenvalue weighted by Crippen LogP contribution is -2.36. The van der Waals surface area contributed by atoms with Crippen LogP contribution in [0.3, 0.4) is 0 Å². The van der Waals surface area contributed by atoms with Crippen molar-refractivity contribution in [2.75, 3.05) is 30.8 Å². The van der Waals surface area contributed by atoms with Crippen LogP contribution in [0.5, 0.6) is 0 Å². The SMILES string of the molecule is CC(C)CNC(=O)CN(C)c1cc(N)cc(S(N)(=O)=O)c1. The number of nitrogen functional groups attached to an aromatic ring is 1. The van der Waals surface area contributed by atoms with E-state index < -0.39 is 10.0 Å². The van der Waals surface area contributed by atoms with E-state index in [2.05, 4.69) is 5.32 Å². The molecule has 0 bridgehead atoms. The van der Waals surface area contributed by atoms with Gasteiger partial charge in [0.1, 0.15) is 0 Å². The number of nitrogens with two attached hydrogens (primary N) is 2. The largest absolute Gasteiger partial charge is 0.399 e. The second-order valence-corrected chi connectivity index (χ2v) is 6.92. The first-order valence-electron chi connectivity index (χ1n) is 6.51. The zero-order chi connectivity index (χ0) is 16.2. The van der Waals surface area contributed by atoms with E-state index in [-0.39, 0.29) is 23.0 Å². The molecule has 21 heavy (non-hydrogen) atoms. The summed E-state index contributed by atoms with van der Waals surface area (Å²) in [4.78, 5) is 13.3. The fourth-order valence-electron chi connectivity index (χ4n) is 1.67. The maximum atomic E-state index is 11.8. The second kappa shape index (κ2) is 6.77. The first-order valence-corrected chi connectivity index (χ1v) is 8.05. The van der Waals surface area contributed by atoms with Crippen molar-refractivity contribution in [1.29, 1.82) is 0 Å². The summed E-state index contributed by atoms with van der Waals surface area (Å²) >= 11 is 0. The molecule has 1 aromatic rings. The van der Waals surface area contributed by atoms with Gasteiger partial charge in [-0.2, -0.15) is 0 Å². The molecule has 1 amide bonds. The summed E-state index contributed by atoms with van der Waals surface area (Å²) in [6.07, 6.45) is 0. The summed E-state index contributed by atoms with van der Waals surface area (Å²) in [6.45, 7) is 4.69. The van der Waals surface area contributed by atoms with E-state index in [4.69, 9.17) is 10.9 Å². The van der Waals surface area contributed by atoms with Crippen LogP contribution in [-0.2, 0) is 14.8 Å². The molecule has 0 atom stereocenters. The summed E-state index contributed by atoms with van der Waals surface area (Å²) in [5, 5.41) is 7.88. The average molecular weight is 314 g/mol. The number of carbonyl (C=O) groups excluding carboxylic acids is 1. The standard InChI is InChI=1S/C13H22N4O3S/c1-9(2)7-16-13(18)8-17(3)11-4-10(14)5-12(6-11)21(15,19)20/h4-6,9H,7-8,14H2,1-3H3,(H,16,18)(H2,15,19,20). The summed E-state index contributed by atoms with van der Waals surface area (Å²) < 4.78 is 22.8. The number of nitrogens with zero attached hydrogens (tertiary/aromatic N) is 1. The number of hydrogen-bond acceptors (Lipinski definition) is 5. The summed E-state index contributed by atoms with van der Waals surface area (Å²) in [5.74, 6) is 0.214. The van der Waals surface area contributed by atoms with Crippen LogP contribution in [-0.4, -0.2) is 34.5 Å². The van der Waals surface area contributed by atoms with Gasteiger partial charge in [-0.05, 0) is 24.1 Å². The Hall–Kier alpha value is -1.80. The van der Waals surface area contributed by atoms with Gasteiger partial charge in [-0.3, -0.25) is 4.79 Å². The van der Waals surface area contributed by atoms with Crippen molar-refractivity contribution in [3.63, 3.8) is 0 Å². The van der Waals surface area contributed by atoms with Gasteiger partial charge in [-0.15, -0.1) is 0 Å². The lowest BCUT2D eigenvalue weighted by molar-refractivity contribution is -0.119. The third-order valence-corrected chi connectivity index (χ3v) is 3.66. The van der Waals surface area contributed by atoms with Crippen LogP contribution in [0.15, 0.2) is 23.1 Å². The van der Waals surface area contributed by atoms with Crippen molar-refractivity contribution < 1.29 is 13.2 Å². The highest BCUT2D eigenvalue weighted by molar-refractivity contribution is 7.89. The Morgan fingerprint density at radius 2 is 1.95 bits per heavy atom. The highest BCUT2D eigenvalue weighted by Crippen LogP contribution is 2.22. The fourth-order valence-corrected chi connectivity index (χ4v) is 2.26. The molecule has 0 aliphatic rings. The monoisotopic (exact) mass is 314 g/mol. The minimum Gasteiger partial charge on any atom is -0.399 e. The first-order chi connectivity index (χ1) is 9.59. The molecule has 0 heterocycles. The molecule has 1 aromatic carbocycles. The Kier molecular flexibility index (Phi) is 5.56. The van der Waals surface area contributed by atoms with Gasteiger partial charge in [0.2, 0.25) is 15.9 Å². The molecule has 7 nitrogen and oxygen atoms in total. The van der Waals surface area contributed by atoms with E-state index in [9.17, 15) is 13.2 Å². The number of nitrogens with one attached hydrogen (secondary N) is 1. The molecule has 0 unspecified atom stereocenters. The fraction of sp³-hybridized carbons (Fsp3) is 0.462. The normalized spacial score (nSPS) is 11.5. The van der Waals surface area contributed by atoms with Gasteiger partial charge in [0.05, 0.1) is 11.4 Å². The van der Waals surface area contributed by atoms with Crippen molar-refractivity contribution in [2.24, 2.45) is 11.1 Å². The second-order valence-electron chi connectivity index (χ2n) is 5.36. The number of likely N-dealkylation sites (N-methyl/N-ethyl adjacent to an activating group) is 1. The molecule has 8 heteroatoms. The molecule has 118 valence electrons. The molecule has 0 aliphatic heterocycles. The van der Waals surface area contributed by atoms with Gasteiger partial charge >= 0.3 is 0 Å². The number of hydrogen-bond donors (Lipinski definition) is 3. The van der Waals surface area contributed by atoms with Crippen LogP contribution in [0, 0.1) is 5.92 Å². The quantitative estimate of drug-likeness (QED) is 0.645. The van der Waals surface area contributed by atoms with Crippen molar-refractivity contribution in [3.05, 3.63) is 18.2 Å². The van der Waals surface area contributed by atoms with E-state index in [0.29, 0.717) is 18.2 Å². The van der Waals surface area contributed by atoms with Crippen LogP contribution in [0.2, 0.25) is 0 Å². The Morgan fingerprint density at radius 3 is 2.48 bits per heavy atom. The summed E-state index contributed by atoms with van der Waals surface area (Å²) in [5.41, 5.74) is 6.46. The van der Waals surface area contributed by atoms with Crippen molar-refractivity contribution >= 4 is 27.3 Å². The van der Waals surface area contributed by atoms with Gasteiger partial charge in [0.15, 0.2) is 0 Å². The minimum atomic E-state index is -3.84. The number of benzene rings is 1. The van der Waals surface area contributed by atoms with E-state index in [0.717, 1.165) is 0 Å². The highest BCUT2D eigenvalue weighted by Gasteiger charge is 2.13. The number of anilines is 2. The topological polar surface area (TPSA) is 119 Å².